The highest BCUT2D eigenvalue weighted by molar-refractivity contribution is 7.09. The molecule has 1 fully saturated rings. The lowest BCUT2D eigenvalue weighted by molar-refractivity contribution is 0.318. The SMILES string of the molecule is CCNCc1csc(C2CCC(CC)CC2)n1. The molecule has 1 aliphatic carbocycles. The van der Waals surface area contributed by atoms with Crippen LogP contribution in [0, 0.1) is 5.92 Å². The molecule has 0 bridgehead atoms. The first-order valence-corrected chi connectivity index (χ1v) is 7.86. The minimum Gasteiger partial charge on any atom is -0.311 e. The molecule has 17 heavy (non-hydrogen) atoms. The van der Waals surface area contributed by atoms with Gasteiger partial charge >= 0.3 is 0 Å². The van der Waals surface area contributed by atoms with Gasteiger partial charge in [-0.05, 0) is 38.1 Å². The van der Waals surface area contributed by atoms with Crippen molar-refractivity contribution in [3.8, 4) is 0 Å². The van der Waals surface area contributed by atoms with Crippen molar-refractivity contribution in [2.24, 2.45) is 5.92 Å². The zero-order chi connectivity index (χ0) is 12.1. The van der Waals surface area contributed by atoms with E-state index in [1.54, 1.807) is 0 Å². The summed E-state index contributed by atoms with van der Waals surface area (Å²) in [5, 5.41) is 6.95. The second-order valence-corrected chi connectivity index (χ2v) is 5.97. The number of thiazole rings is 1. The molecular weight excluding hydrogens is 228 g/mol. The van der Waals surface area contributed by atoms with Crippen LogP contribution < -0.4 is 5.32 Å². The molecule has 0 radical (unpaired) electrons. The smallest absolute Gasteiger partial charge is 0.0959 e. The van der Waals surface area contributed by atoms with E-state index in [-0.39, 0.29) is 0 Å². The first kappa shape index (κ1) is 13.0. The third kappa shape index (κ3) is 3.52. The van der Waals surface area contributed by atoms with Gasteiger partial charge in [-0.15, -0.1) is 11.3 Å². The van der Waals surface area contributed by atoms with Crippen LogP contribution >= 0.6 is 11.3 Å². The van der Waals surface area contributed by atoms with E-state index in [2.05, 4.69) is 24.5 Å². The molecule has 3 heteroatoms. The average Bonchev–Trinajstić information content (AvgIpc) is 2.85. The van der Waals surface area contributed by atoms with Gasteiger partial charge in [0.05, 0.1) is 10.7 Å². The Labute approximate surface area is 109 Å². The maximum Gasteiger partial charge on any atom is 0.0959 e. The van der Waals surface area contributed by atoms with Gasteiger partial charge in [0.25, 0.3) is 0 Å². The highest BCUT2D eigenvalue weighted by Gasteiger charge is 2.23. The first-order valence-electron chi connectivity index (χ1n) is 6.98. The van der Waals surface area contributed by atoms with Crippen molar-refractivity contribution in [2.45, 2.75) is 58.4 Å². The van der Waals surface area contributed by atoms with E-state index >= 15 is 0 Å². The van der Waals surface area contributed by atoms with E-state index in [9.17, 15) is 0 Å². The Morgan fingerprint density at radius 3 is 2.71 bits per heavy atom. The Morgan fingerprint density at radius 2 is 2.06 bits per heavy atom. The molecule has 0 saturated heterocycles. The van der Waals surface area contributed by atoms with Crippen LogP contribution in [0.15, 0.2) is 5.38 Å². The van der Waals surface area contributed by atoms with Crippen molar-refractivity contribution < 1.29 is 0 Å². The Morgan fingerprint density at radius 1 is 1.29 bits per heavy atom. The molecular formula is C14H24N2S. The Bertz CT molecular complexity index is 327. The number of hydrogen-bond acceptors (Lipinski definition) is 3. The van der Waals surface area contributed by atoms with Gasteiger partial charge in [0.15, 0.2) is 0 Å². The minimum atomic E-state index is 0.748. The summed E-state index contributed by atoms with van der Waals surface area (Å²) in [7, 11) is 0. The average molecular weight is 252 g/mol. The topological polar surface area (TPSA) is 24.9 Å². The largest absolute Gasteiger partial charge is 0.311 e. The van der Waals surface area contributed by atoms with Crippen molar-refractivity contribution in [3.63, 3.8) is 0 Å². The van der Waals surface area contributed by atoms with Crippen LogP contribution in [0.2, 0.25) is 0 Å². The second-order valence-electron chi connectivity index (χ2n) is 5.08. The molecule has 0 spiro atoms. The molecule has 1 saturated carbocycles. The van der Waals surface area contributed by atoms with Gasteiger partial charge in [-0.3, -0.25) is 0 Å². The van der Waals surface area contributed by atoms with Gasteiger partial charge in [0, 0.05) is 17.8 Å². The van der Waals surface area contributed by atoms with Crippen LogP contribution in [0.3, 0.4) is 0 Å². The van der Waals surface area contributed by atoms with Gasteiger partial charge in [0.2, 0.25) is 0 Å². The first-order chi connectivity index (χ1) is 8.33. The normalized spacial score (nSPS) is 25.1. The van der Waals surface area contributed by atoms with E-state index < -0.39 is 0 Å². The number of aromatic nitrogens is 1. The predicted octanol–water partition coefficient (Wildman–Crippen LogP) is 3.94. The molecule has 0 amide bonds. The lowest BCUT2D eigenvalue weighted by Crippen LogP contribution is -2.14. The fraction of sp³-hybridized carbons (Fsp3) is 0.786. The van der Waals surface area contributed by atoms with Gasteiger partial charge in [0.1, 0.15) is 0 Å². The number of hydrogen-bond donors (Lipinski definition) is 1. The molecule has 96 valence electrons. The maximum absolute atomic E-state index is 4.78. The molecule has 1 N–H and O–H groups in total. The molecule has 2 nitrogen and oxygen atoms in total. The minimum absolute atomic E-state index is 0.748. The van der Waals surface area contributed by atoms with Crippen LogP contribution in [0.4, 0.5) is 0 Å². The molecule has 1 aromatic rings. The van der Waals surface area contributed by atoms with E-state index in [0.717, 1.165) is 24.9 Å². The molecule has 0 aliphatic heterocycles. The molecule has 0 aromatic carbocycles. The third-order valence-corrected chi connectivity index (χ3v) is 4.96. The number of nitrogens with zero attached hydrogens (tertiary/aromatic N) is 1. The van der Waals surface area contributed by atoms with Crippen LogP contribution in [0.5, 0.6) is 0 Å². The summed E-state index contributed by atoms with van der Waals surface area (Å²) in [5.41, 5.74) is 1.23. The fourth-order valence-corrected chi connectivity index (χ4v) is 3.65. The highest BCUT2D eigenvalue weighted by Crippen LogP contribution is 2.37. The Balaban J connectivity index is 1.87. The summed E-state index contributed by atoms with van der Waals surface area (Å²) in [4.78, 5) is 4.78. The standard InChI is InChI=1S/C14H24N2S/c1-3-11-5-7-12(8-6-11)14-16-13(10-17-14)9-15-4-2/h10-12,15H,3-9H2,1-2H3. The molecule has 0 unspecified atom stereocenters. The molecule has 1 aliphatic rings. The van der Waals surface area contributed by atoms with Gasteiger partial charge in [-0.2, -0.15) is 0 Å². The van der Waals surface area contributed by atoms with Gasteiger partial charge < -0.3 is 5.32 Å². The zero-order valence-corrected chi connectivity index (χ0v) is 11.9. The molecule has 1 heterocycles. The molecule has 1 aromatic heterocycles. The summed E-state index contributed by atoms with van der Waals surface area (Å²) < 4.78 is 0. The predicted molar refractivity (Wildman–Crippen MR) is 74.5 cm³/mol. The van der Waals surface area contributed by atoms with Crippen molar-refractivity contribution in [1.82, 2.24) is 10.3 Å². The van der Waals surface area contributed by atoms with Crippen LogP contribution in [-0.2, 0) is 6.54 Å². The summed E-state index contributed by atoms with van der Waals surface area (Å²) in [6.07, 6.45) is 6.88. The summed E-state index contributed by atoms with van der Waals surface area (Å²) >= 11 is 1.86. The number of nitrogens with one attached hydrogen (secondary N) is 1. The number of rotatable bonds is 5. The van der Waals surface area contributed by atoms with Crippen LogP contribution in [0.1, 0.15) is 62.6 Å². The lowest BCUT2D eigenvalue weighted by Gasteiger charge is -2.26. The summed E-state index contributed by atoms with van der Waals surface area (Å²) in [5.74, 6) is 1.73. The summed E-state index contributed by atoms with van der Waals surface area (Å²) in [6.45, 7) is 6.41. The van der Waals surface area contributed by atoms with Crippen molar-refractivity contribution in [1.29, 1.82) is 0 Å². The Kier molecular flexibility index (Phi) is 4.99. The van der Waals surface area contributed by atoms with E-state index in [0.29, 0.717) is 0 Å². The van der Waals surface area contributed by atoms with Crippen molar-refractivity contribution in [2.75, 3.05) is 6.54 Å². The second kappa shape index (κ2) is 6.50. The van der Waals surface area contributed by atoms with E-state index in [1.165, 1.54) is 42.8 Å². The van der Waals surface area contributed by atoms with Crippen molar-refractivity contribution in [3.05, 3.63) is 16.1 Å². The van der Waals surface area contributed by atoms with Gasteiger partial charge in [-0.25, -0.2) is 4.98 Å². The monoisotopic (exact) mass is 252 g/mol. The third-order valence-electron chi connectivity index (χ3n) is 3.90. The highest BCUT2D eigenvalue weighted by atomic mass is 32.1. The van der Waals surface area contributed by atoms with E-state index in [1.807, 2.05) is 11.3 Å². The quantitative estimate of drug-likeness (QED) is 0.858. The molecule has 0 atom stereocenters. The van der Waals surface area contributed by atoms with Gasteiger partial charge in [-0.1, -0.05) is 20.3 Å². The fourth-order valence-electron chi connectivity index (χ4n) is 2.66. The van der Waals surface area contributed by atoms with Crippen LogP contribution in [0.25, 0.3) is 0 Å². The van der Waals surface area contributed by atoms with Crippen molar-refractivity contribution >= 4 is 11.3 Å². The summed E-state index contributed by atoms with van der Waals surface area (Å²) in [6, 6.07) is 0. The molecule has 2 rings (SSSR count). The maximum atomic E-state index is 4.78. The Hall–Kier alpha value is -0.410. The lowest BCUT2D eigenvalue weighted by atomic mass is 9.81. The van der Waals surface area contributed by atoms with Crippen LogP contribution in [-0.4, -0.2) is 11.5 Å². The zero-order valence-electron chi connectivity index (χ0n) is 11.0. The van der Waals surface area contributed by atoms with E-state index in [4.69, 9.17) is 4.98 Å².